The van der Waals surface area contributed by atoms with E-state index in [0.29, 0.717) is 0 Å². The monoisotopic (exact) mass is 1450 g/mol. The van der Waals surface area contributed by atoms with E-state index in [2.05, 4.69) is 374 Å². The lowest BCUT2D eigenvalue weighted by atomic mass is 9.66. The highest BCUT2D eigenvalue weighted by Crippen LogP contribution is 2.78. The molecule has 7 aliphatic rings. The molecule has 0 saturated carbocycles. The zero-order chi connectivity index (χ0) is 71.6. The van der Waals surface area contributed by atoms with E-state index in [9.17, 15) is 0 Å². The average Bonchev–Trinajstić information content (AvgIpc) is 1.50. The summed E-state index contributed by atoms with van der Waals surface area (Å²) in [6, 6.07) is 126. The van der Waals surface area contributed by atoms with Gasteiger partial charge in [0.25, 0.3) is 0 Å². The van der Waals surface area contributed by atoms with Crippen LogP contribution in [-0.2, 0) is 17.3 Å². The molecule has 7 heterocycles. The predicted octanol–water partition coefficient (Wildman–Crippen LogP) is 27.8. The van der Waals surface area contributed by atoms with E-state index in [-0.39, 0.29) is 10.7 Å². The van der Waals surface area contributed by atoms with Gasteiger partial charge in [-0.15, -0.1) is 0 Å². The molecule has 2 aromatic heterocycles. The third-order valence-electron chi connectivity index (χ3n) is 24.7. The highest BCUT2D eigenvalue weighted by atomic mass is 32.2. The molecule has 8 heteroatoms. The molecule has 0 fully saturated rings. The van der Waals surface area contributed by atoms with Crippen molar-refractivity contribution in [2.75, 3.05) is 14.7 Å². The van der Waals surface area contributed by atoms with Crippen molar-refractivity contribution in [2.45, 2.75) is 60.8 Å². The highest BCUT2D eigenvalue weighted by molar-refractivity contribution is 8.35. The Morgan fingerprint density at radius 1 is 0.394 bits per heavy atom. The third-order valence-corrected chi connectivity index (χ3v) is 31.4. The first-order valence-electron chi connectivity index (χ1n) is 37.7. The van der Waals surface area contributed by atoms with Crippen molar-refractivity contribution < 1.29 is 8.83 Å². The molecule has 1 unspecified atom stereocenters. The van der Waals surface area contributed by atoms with E-state index < -0.39 is 15.0 Å². The number of rotatable bonds is 7. The van der Waals surface area contributed by atoms with Crippen LogP contribution in [0.3, 0.4) is 0 Å². The zero-order valence-corrected chi connectivity index (χ0v) is 62.1. The molecule has 516 valence electrons. The van der Waals surface area contributed by atoms with E-state index in [0.717, 1.165) is 95.7 Å². The second-order valence-corrected chi connectivity index (χ2v) is 36.1. The number of anilines is 8. The maximum absolute atomic E-state index is 7.22. The number of benzene rings is 15. The van der Waals surface area contributed by atoms with Crippen LogP contribution in [0.25, 0.3) is 82.8 Å². The molecule has 109 heavy (non-hydrogen) atoms. The van der Waals surface area contributed by atoms with Crippen LogP contribution in [0.5, 0.6) is 0 Å². The van der Waals surface area contributed by atoms with E-state index in [1.807, 2.05) is 23.5 Å². The minimum Gasteiger partial charge on any atom is -0.456 e. The molecule has 2 aliphatic carbocycles. The number of hydrogen-bond donors (Lipinski definition) is 1. The zero-order valence-electron chi connectivity index (χ0n) is 59.6. The topological polar surface area (TPSA) is 36.0 Å². The van der Waals surface area contributed by atoms with Crippen molar-refractivity contribution in [3.63, 3.8) is 0 Å². The first kappa shape index (κ1) is 61.8. The van der Waals surface area contributed by atoms with Crippen molar-refractivity contribution >= 4 is 133 Å². The lowest BCUT2D eigenvalue weighted by Crippen LogP contribution is -2.35. The van der Waals surface area contributed by atoms with Crippen LogP contribution in [0.2, 0.25) is 0 Å². The summed E-state index contributed by atoms with van der Waals surface area (Å²) in [5.41, 5.74) is 31.7. The molecule has 0 saturated heterocycles. The molecular formula is C101H67N3O2S3. The van der Waals surface area contributed by atoms with E-state index in [1.54, 1.807) is 0 Å². The van der Waals surface area contributed by atoms with Crippen molar-refractivity contribution in [1.82, 2.24) is 0 Å². The first-order valence-corrected chi connectivity index (χ1v) is 41.3. The molecule has 0 N–H and O–H groups in total. The number of nitrogens with zero attached hydrogens (tertiary/aromatic N) is 3. The maximum Gasteiger partial charge on any atom is 0.143 e. The van der Waals surface area contributed by atoms with Gasteiger partial charge in [-0.3, -0.25) is 0 Å². The summed E-state index contributed by atoms with van der Waals surface area (Å²) in [4.78, 5) is 14.0. The Balaban J connectivity index is 0.780. The van der Waals surface area contributed by atoms with E-state index >= 15 is 0 Å². The second kappa shape index (κ2) is 22.9. The van der Waals surface area contributed by atoms with Crippen LogP contribution in [0, 0.1) is 0 Å². The molecule has 0 bridgehead atoms. The summed E-state index contributed by atoms with van der Waals surface area (Å²) in [5, 5.41) is 8.84. The molecule has 15 aromatic carbocycles. The Bertz CT molecular complexity index is 6950. The van der Waals surface area contributed by atoms with Gasteiger partial charge in [0.15, 0.2) is 0 Å². The van der Waals surface area contributed by atoms with E-state index in [4.69, 9.17) is 8.83 Å². The Morgan fingerprint density at radius 2 is 1.02 bits per heavy atom. The Kier molecular flexibility index (Phi) is 13.0. The number of thiol groups is 1. The van der Waals surface area contributed by atoms with Crippen LogP contribution in [0.1, 0.15) is 63.6 Å². The molecule has 24 rings (SSSR count). The number of para-hydroxylation sites is 5. The Labute approximate surface area is 641 Å². The van der Waals surface area contributed by atoms with Gasteiger partial charge < -0.3 is 23.5 Å². The van der Waals surface area contributed by atoms with Gasteiger partial charge in [0.1, 0.15) is 22.3 Å². The summed E-state index contributed by atoms with van der Waals surface area (Å²) >= 11 is 3.73. The normalized spacial score (nSPS) is 16.7. The number of hydrogen-bond acceptors (Lipinski definition) is 7. The number of fused-ring (bicyclic) bond motifs is 22. The summed E-state index contributed by atoms with van der Waals surface area (Å²) in [6.45, 7) is 4.81. The van der Waals surface area contributed by atoms with Crippen LogP contribution < -0.4 is 14.7 Å². The summed E-state index contributed by atoms with van der Waals surface area (Å²) in [5.74, 6) is 0. The van der Waals surface area contributed by atoms with Crippen molar-refractivity contribution in [3.8, 4) is 33.4 Å². The first-order chi connectivity index (χ1) is 53.8. The smallest absolute Gasteiger partial charge is 0.143 e. The summed E-state index contributed by atoms with van der Waals surface area (Å²) < 4.78 is 14.1. The summed E-state index contributed by atoms with van der Waals surface area (Å²) in [6.07, 6.45) is 3.67. The SMILES string of the molecule is CC1(C)c2ccccc2-c2cccc(-c3cccc(N(c4ccc5c(c4)C4(C6=C5C=[SH]57C(=C6)N(c6ccccc6)c6cc8oc9ccccc9c8cc6C5Cc5ccccc57)c5ccccc5Sc5ccccc54)c4cc(-c5ccc6c(c5)Sc5ccccc5N6c5ccccc5)c5oc6ccccc6c5c4)c3)c21. The largest absolute Gasteiger partial charge is 0.456 e. The molecule has 2 spiro atoms. The fourth-order valence-corrected chi connectivity index (χ4v) is 27.5. The van der Waals surface area contributed by atoms with Crippen LogP contribution >= 0.6 is 33.1 Å². The average molecular weight is 1450 g/mol. The Morgan fingerprint density at radius 3 is 1.83 bits per heavy atom. The molecule has 1 atom stereocenters. The quantitative estimate of drug-likeness (QED) is 0.126. The maximum atomic E-state index is 7.22. The van der Waals surface area contributed by atoms with E-state index in [1.165, 1.54) is 119 Å². The fraction of sp³-hybridized carbons (Fsp3) is 0.0594. The van der Waals surface area contributed by atoms with Gasteiger partial charge in [-0.1, -0.05) is 250 Å². The minimum atomic E-state index is -2.55. The van der Waals surface area contributed by atoms with Gasteiger partial charge in [0.2, 0.25) is 0 Å². The van der Waals surface area contributed by atoms with Crippen LogP contribution in [-0.4, -0.2) is 5.37 Å². The molecular weight excluding hydrogens is 1380 g/mol. The number of allylic oxidation sites excluding steroid dienone is 3. The minimum absolute atomic E-state index is 0.169. The lowest BCUT2D eigenvalue weighted by Gasteiger charge is -2.50. The van der Waals surface area contributed by atoms with Crippen molar-refractivity contribution in [2.24, 2.45) is 0 Å². The molecule has 0 radical (unpaired) electrons. The van der Waals surface area contributed by atoms with Gasteiger partial charge in [0, 0.05) is 91.9 Å². The molecule has 5 aliphatic heterocycles. The van der Waals surface area contributed by atoms with Gasteiger partial charge >= 0.3 is 0 Å². The predicted molar refractivity (Wildman–Crippen MR) is 456 cm³/mol. The van der Waals surface area contributed by atoms with Gasteiger partial charge in [0.05, 0.1) is 27.5 Å². The highest BCUT2D eigenvalue weighted by Gasteiger charge is 2.56. The molecule has 17 aromatic rings. The van der Waals surface area contributed by atoms with Gasteiger partial charge in [-0.2, -0.15) is 9.62 Å². The van der Waals surface area contributed by atoms with Gasteiger partial charge in [-0.05, 0) is 221 Å². The number of furan rings is 2. The van der Waals surface area contributed by atoms with Crippen LogP contribution in [0.4, 0.5) is 45.5 Å². The lowest BCUT2D eigenvalue weighted by molar-refractivity contribution is 0.662. The fourth-order valence-electron chi connectivity index (χ4n) is 20.2. The third kappa shape index (κ3) is 8.54. The van der Waals surface area contributed by atoms with Gasteiger partial charge in [-0.25, -0.2) is 0 Å². The van der Waals surface area contributed by atoms with Crippen molar-refractivity contribution in [1.29, 1.82) is 0 Å². The second-order valence-electron chi connectivity index (χ2n) is 30.5. The molecule has 0 amide bonds. The Hall–Kier alpha value is -12.3. The van der Waals surface area contributed by atoms with Crippen LogP contribution in [0.15, 0.2) is 384 Å². The summed E-state index contributed by atoms with van der Waals surface area (Å²) in [7, 11) is -2.55. The van der Waals surface area contributed by atoms with Crippen molar-refractivity contribution in [3.05, 3.63) is 395 Å². The molecule has 5 nitrogen and oxygen atoms in total. The standard InChI is InChI=1S/C101H67N3O2S3/c1-100(2)80-37-13-10-32-70(80)74-36-24-35-69(98(74)100)61-26-23-31-66(51-61)102(68-54-75(99-77(55-68)73-34-12-18-42-89(73)106-99)62-47-50-86-94(52-62)108-93-45-21-16-40-85(93)103(86)64-27-5-3-6-28-64)67-48-49-71-79-60-109-95-46-22-9-25-63(95)53-96(109)78-57-76-72-33-11-17-41-88(72)105-90(76)59-87(78)104(65-29-7-4-8-30-65)97(109)58-84(79)101(83(71)56-67)81-38-14-19-43-91(81)107-92-44-20-15-39-82(92)101/h3-52,54-60,96,109H,53H2,1-2H3.